The van der Waals surface area contributed by atoms with Crippen molar-refractivity contribution in [3.63, 3.8) is 0 Å². The third kappa shape index (κ3) is 3.27. The highest BCUT2D eigenvalue weighted by atomic mass is 35.5. The fraction of sp³-hybridized carbons (Fsp3) is 0.0714. The summed E-state index contributed by atoms with van der Waals surface area (Å²) in [4.78, 5) is 12.2. The van der Waals surface area contributed by atoms with E-state index in [1.807, 2.05) is 0 Å². The van der Waals surface area contributed by atoms with E-state index in [1.165, 1.54) is 36.4 Å². The van der Waals surface area contributed by atoms with Crippen molar-refractivity contribution in [3.05, 3.63) is 69.5 Å². The molecule has 0 aliphatic rings. The number of hydrogen-bond donors (Lipinski definition) is 0. The smallest absolute Gasteiger partial charge is 0.186 e. The van der Waals surface area contributed by atoms with Gasteiger partial charge in [0, 0.05) is 10.6 Å². The van der Waals surface area contributed by atoms with Gasteiger partial charge in [0.2, 0.25) is 0 Å². The summed E-state index contributed by atoms with van der Waals surface area (Å²) in [6, 6.07) is 10.00. The van der Waals surface area contributed by atoms with E-state index in [0.717, 1.165) is 0 Å². The van der Waals surface area contributed by atoms with Crippen molar-refractivity contribution in [1.29, 1.82) is 0 Å². The molecule has 1 atom stereocenters. The summed E-state index contributed by atoms with van der Waals surface area (Å²) in [5.74, 6) is -0.737. The number of carbonyl (C=O) groups excluding carboxylic acids is 1. The van der Waals surface area contributed by atoms with E-state index >= 15 is 0 Å². The highest BCUT2D eigenvalue weighted by Crippen LogP contribution is 2.29. The van der Waals surface area contributed by atoms with Crippen molar-refractivity contribution in [2.75, 3.05) is 0 Å². The molecule has 0 amide bonds. The average Bonchev–Trinajstić information content (AvgIpc) is 2.38. The SMILES string of the molecule is O=C(c1ccc(Cl)cc1Cl)C(Cl)c1ccc(F)cc1. The van der Waals surface area contributed by atoms with Crippen LogP contribution >= 0.6 is 34.8 Å². The fourth-order valence-corrected chi connectivity index (χ4v) is 2.37. The average molecular weight is 318 g/mol. The lowest BCUT2D eigenvalue weighted by Gasteiger charge is -2.10. The number of halogens is 4. The Balaban J connectivity index is 2.30. The molecule has 0 saturated carbocycles. The Morgan fingerprint density at radius 3 is 2.26 bits per heavy atom. The second-order valence-corrected chi connectivity index (χ2v) is 5.18. The molecule has 0 spiro atoms. The number of ketones is 1. The van der Waals surface area contributed by atoms with Gasteiger partial charge < -0.3 is 0 Å². The van der Waals surface area contributed by atoms with Crippen molar-refractivity contribution < 1.29 is 9.18 Å². The van der Waals surface area contributed by atoms with Gasteiger partial charge in [0.15, 0.2) is 5.78 Å². The second kappa shape index (κ2) is 5.91. The molecule has 0 aromatic heterocycles. The van der Waals surface area contributed by atoms with Crippen molar-refractivity contribution in [2.24, 2.45) is 0 Å². The van der Waals surface area contributed by atoms with Crippen LogP contribution < -0.4 is 0 Å². The molecule has 1 unspecified atom stereocenters. The summed E-state index contributed by atoms with van der Waals surface area (Å²) in [6.07, 6.45) is 0. The zero-order valence-corrected chi connectivity index (χ0v) is 11.8. The first-order valence-electron chi connectivity index (χ1n) is 5.38. The molecule has 19 heavy (non-hydrogen) atoms. The van der Waals surface area contributed by atoms with E-state index in [2.05, 4.69) is 0 Å². The standard InChI is InChI=1S/C14H8Cl3FO/c15-9-3-6-11(12(16)7-9)14(19)13(17)8-1-4-10(18)5-2-8/h1-7,13H. The minimum absolute atomic E-state index is 0.241. The molecule has 0 aliphatic carbocycles. The highest BCUT2D eigenvalue weighted by molar-refractivity contribution is 6.40. The first kappa shape index (κ1) is 14.3. The molecule has 0 saturated heterocycles. The van der Waals surface area contributed by atoms with Gasteiger partial charge in [-0.3, -0.25) is 4.79 Å². The molecule has 0 fully saturated rings. The van der Waals surface area contributed by atoms with Crippen LogP contribution in [0.3, 0.4) is 0 Å². The maximum Gasteiger partial charge on any atom is 0.186 e. The fourth-order valence-electron chi connectivity index (χ4n) is 1.61. The van der Waals surface area contributed by atoms with Crippen LogP contribution in [-0.4, -0.2) is 5.78 Å². The van der Waals surface area contributed by atoms with Crippen molar-refractivity contribution in [1.82, 2.24) is 0 Å². The van der Waals surface area contributed by atoms with E-state index in [0.29, 0.717) is 10.6 Å². The van der Waals surface area contributed by atoms with Crippen molar-refractivity contribution >= 4 is 40.6 Å². The summed E-state index contributed by atoms with van der Waals surface area (Å²) in [7, 11) is 0. The first-order chi connectivity index (χ1) is 8.99. The lowest BCUT2D eigenvalue weighted by Crippen LogP contribution is -2.08. The molecule has 2 aromatic carbocycles. The minimum atomic E-state index is -0.917. The lowest BCUT2D eigenvalue weighted by atomic mass is 10.0. The topological polar surface area (TPSA) is 17.1 Å². The van der Waals surface area contributed by atoms with E-state index in [1.54, 1.807) is 6.07 Å². The number of hydrogen-bond acceptors (Lipinski definition) is 1. The Bertz CT molecular complexity index is 611. The molecule has 0 heterocycles. The van der Waals surface area contributed by atoms with Gasteiger partial charge in [-0.1, -0.05) is 35.3 Å². The van der Waals surface area contributed by atoms with E-state index in [-0.39, 0.29) is 22.2 Å². The molecule has 0 radical (unpaired) electrons. The van der Waals surface area contributed by atoms with Crippen LogP contribution in [0.2, 0.25) is 10.0 Å². The normalized spacial score (nSPS) is 12.2. The molecule has 0 N–H and O–H groups in total. The summed E-state index contributed by atoms with van der Waals surface area (Å²) in [5, 5.41) is -0.237. The van der Waals surface area contributed by atoms with Gasteiger partial charge in [0.05, 0.1) is 5.02 Å². The van der Waals surface area contributed by atoms with Gasteiger partial charge in [-0.15, -0.1) is 11.6 Å². The van der Waals surface area contributed by atoms with Crippen LogP contribution in [0.25, 0.3) is 0 Å². The van der Waals surface area contributed by atoms with Crippen molar-refractivity contribution in [3.8, 4) is 0 Å². The number of Topliss-reactive ketones (excluding diaryl/α,β-unsaturated/α-hetero) is 1. The summed E-state index contributed by atoms with van der Waals surface area (Å²) < 4.78 is 12.8. The minimum Gasteiger partial charge on any atom is -0.292 e. The Morgan fingerprint density at radius 1 is 1.05 bits per heavy atom. The highest BCUT2D eigenvalue weighted by Gasteiger charge is 2.21. The Hall–Kier alpha value is -1.09. The zero-order chi connectivity index (χ0) is 14.0. The predicted octanol–water partition coefficient (Wildman–Crippen LogP) is 5.30. The van der Waals surface area contributed by atoms with Crippen molar-refractivity contribution in [2.45, 2.75) is 5.38 Å². The molecular weight excluding hydrogens is 310 g/mol. The Kier molecular flexibility index (Phi) is 4.46. The van der Waals surface area contributed by atoms with Gasteiger partial charge in [-0.05, 0) is 35.9 Å². The predicted molar refractivity (Wildman–Crippen MR) is 75.8 cm³/mol. The molecule has 5 heteroatoms. The third-order valence-electron chi connectivity index (χ3n) is 2.59. The van der Waals surface area contributed by atoms with Crippen LogP contribution in [0.4, 0.5) is 4.39 Å². The Morgan fingerprint density at radius 2 is 1.68 bits per heavy atom. The first-order valence-corrected chi connectivity index (χ1v) is 6.57. The molecule has 0 aliphatic heterocycles. The molecule has 2 rings (SSSR count). The number of alkyl halides is 1. The van der Waals surface area contributed by atoms with E-state index in [4.69, 9.17) is 34.8 Å². The van der Waals surface area contributed by atoms with Gasteiger partial charge in [-0.2, -0.15) is 0 Å². The number of carbonyl (C=O) groups is 1. The quantitative estimate of drug-likeness (QED) is 0.555. The molecule has 2 aromatic rings. The number of benzene rings is 2. The molecule has 98 valence electrons. The Labute approximate surface area is 124 Å². The molecular formula is C14H8Cl3FO. The van der Waals surface area contributed by atoms with Crippen LogP contribution in [0.15, 0.2) is 42.5 Å². The molecule has 0 bridgehead atoms. The third-order valence-corrected chi connectivity index (χ3v) is 3.59. The van der Waals surface area contributed by atoms with Crippen LogP contribution in [0.1, 0.15) is 21.3 Å². The summed E-state index contributed by atoms with van der Waals surface area (Å²) in [6.45, 7) is 0. The summed E-state index contributed by atoms with van der Waals surface area (Å²) in [5.41, 5.74) is 0.800. The van der Waals surface area contributed by atoms with Gasteiger partial charge in [0.1, 0.15) is 11.2 Å². The van der Waals surface area contributed by atoms with Crippen LogP contribution in [0, 0.1) is 5.82 Å². The van der Waals surface area contributed by atoms with Crippen LogP contribution in [-0.2, 0) is 0 Å². The largest absolute Gasteiger partial charge is 0.292 e. The van der Waals surface area contributed by atoms with E-state index < -0.39 is 5.38 Å². The zero-order valence-electron chi connectivity index (χ0n) is 9.54. The number of rotatable bonds is 3. The maximum atomic E-state index is 12.8. The second-order valence-electron chi connectivity index (χ2n) is 3.90. The van der Waals surface area contributed by atoms with E-state index in [9.17, 15) is 9.18 Å². The van der Waals surface area contributed by atoms with Gasteiger partial charge in [0.25, 0.3) is 0 Å². The van der Waals surface area contributed by atoms with Gasteiger partial charge in [-0.25, -0.2) is 4.39 Å². The summed E-state index contributed by atoms with van der Waals surface area (Å²) >= 11 is 17.8. The van der Waals surface area contributed by atoms with Gasteiger partial charge >= 0.3 is 0 Å². The lowest BCUT2D eigenvalue weighted by molar-refractivity contribution is 0.0987. The monoisotopic (exact) mass is 316 g/mol. The maximum absolute atomic E-state index is 12.8. The molecule has 1 nitrogen and oxygen atoms in total. The van der Waals surface area contributed by atoms with Crippen LogP contribution in [0.5, 0.6) is 0 Å².